The molecule has 0 radical (unpaired) electrons. The lowest BCUT2D eigenvalue weighted by atomic mass is 9.97. The Bertz CT molecular complexity index is 595. The van der Waals surface area contributed by atoms with Crippen molar-refractivity contribution >= 4 is 29.6 Å². The van der Waals surface area contributed by atoms with Crippen LogP contribution in [0.25, 0.3) is 0 Å². The smallest absolute Gasteiger partial charge is 0.326 e. The highest BCUT2D eigenvalue weighted by Gasteiger charge is 2.31. The summed E-state index contributed by atoms with van der Waals surface area (Å²) in [6.07, 6.45) is 0.147. The molecule has 11 nitrogen and oxygen atoms in total. The van der Waals surface area contributed by atoms with Gasteiger partial charge < -0.3 is 32.5 Å². The van der Waals surface area contributed by atoms with Crippen molar-refractivity contribution < 1.29 is 29.1 Å². The molecule has 0 heterocycles. The number of nitrogens with two attached hydrogens (primary N) is 2. The van der Waals surface area contributed by atoms with E-state index in [0.29, 0.717) is 6.42 Å². The van der Waals surface area contributed by atoms with Crippen LogP contribution in [0.2, 0.25) is 0 Å². The van der Waals surface area contributed by atoms with Gasteiger partial charge in [0.15, 0.2) is 0 Å². The number of nitrogens with one attached hydrogen (secondary N) is 3. The van der Waals surface area contributed by atoms with Crippen LogP contribution in [0, 0.1) is 5.92 Å². The van der Waals surface area contributed by atoms with Crippen LogP contribution in [0.5, 0.6) is 0 Å². The maximum absolute atomic E-state index is 12.6. The molecule has 0 aromatic rings. The van der Waals surface area contributed by atoms with Gasteiger partial charge >= 0.3 is 5.97 Å². The first-order valence-electron chi connectivity index (χ1n) is 9.08. The zero-order valence-corrected chi connectivity index (χ0v) is 16.7. The number of primary amides is 1. The second-order valence-electron chi connectivity index (χ2n) is 6.80. The average Bonchev–Trinajstić information content (AvgIpc) is 2.61. The Hall–Kier alpha value is -2.69. The third-order valence-electron chi connectivity index (χ3n) is 4.25. The molecule has 0 aromatic heterocycles. The van der Waals surface area contributed by atoms with Crippen molar-refractivity contribution in [2.45, 2.75) is 71.1 Å². The number of carboxylic acid groups (broad SMARTS) is 1. The van der Waals surface area contributed by atoms with Gasteiger partial charge in [0.2, 0.25) is 23.6 Å². The molecular weight excluding hydrogens is 370 g/mol. The van der Waals surface area contributed by atoms with E-state index in [9.17, 15) is 29.1 Å². The number of carbonyl (C=O) groups excluding carboxylic acids is 4. The van der Waals surface area contributed by atoms with Crippen LogP contribution in [0.1, 0.15) is 47.0 Å². The molecule has 0 fully saturated rings. The van der Waals surface area contributed by atoms with Crippen LogP contribution >= 0.6 is 0 Å². The summed E-state index contributed by atoms with van der Waals surface area (Å²) in [5, 5.41) is 16.5. The van der Waals surface area contributed by atoms with Gasteiger partial charge in [-0.3, -0.25) is 19.2 Å². The molecule has 5 unspecified atom stereocenters. The monoisotopic (exact) mass is 401 g/mol. The van der Waals surface area contributed by atoms with Gasteiger partial charge in [-0.25, -0.2) is 4.79 Å². The third kappa shape index (κ3) is 8.80. The number of hydrogen-bond acceptors (Lipinski definition) is 6. The van der Waals surface area contributed by atoms with E-state index in [4.69, 9.17) is 11.5 Å². The minimum atomic E-state index is -1.32. The first-order chi connectivity index (χ1) is 12.9. The van der Waals surface area contributed by atoms with Gasteiger partial charge in [-0.2, -0.15) is 0 Å². The summed E-state index contributed by atoms with van der Waals surface area (Å²) in [6, 6.07) is -4.09. The standard InChI is InChI=1S/C17H31N5O6/c1-5-8(2)13(22-15(25)10(4)20-14(24)9(3)18)16(26)21-11(17(27)28)6-7-12(19)23/h8-11,13H,5-7,18H2,1-4H3,(H2,19,23)(H,20,24)(H,21,26)(H,22,25)(H,27,28). The van der Waals surface area contributed by atoms with E-state index in [1.807, 2.05) is 0 Å². The Labute approximate surface area is 164 Å². The molecule has 0 aliphatic carbocycles. The Morgan fingerprint density at radius 3 is 1.93 bits per heavy atom. The summed E-state index contributed by atoms with van der Waals surface area (Å²) in [7, 11) is 0. The van der Waals surface area contributed by atoms with Crippen molar-refractivity contribution in [3.63, 3.8) is 0 Å². The Balaban J connectivity index is 5.16. The molecule has 0 saturated heterocycles. The SMILES string of the molecule is CCC(C)C(NC(=O)C(C)NC(=O)C(C)N)C(=O)NC(CCC(N)=O)C(=O)O. The summed E-state index contributed by atoms with van der Waals surface area (Å²) in [6.45, 7) is 6.43. The van der Waals surface area contributed by atoms with E-state index in [1.54, 1.807) is 13.8 Å². The van der Waals surface area contributed by atoms with Crippen molar-refractivity contribution in [1.82, 2.24) is 16.0 Å². The maximum Gasteiger partial charge on any atom is 0.326 e. The highest BCUT2D eigenvalue weighted by atomic mass is 16.4. The second-order valence-corrected chi connectivity index (χ2v) is 6.80. The molecule has 160 valence electrons. The van der Waals surface area contributed by atoms with E-state index < -0.39 is 53.8 Å². The molecule has 11 heteroatoms. The second kappa shape index (κ2) is 11.9. The van der Waals surface area contributed by atoms with E-state index in [0.717, 1.165) is 0 Å². The Morgan fingerprint density at radius 2 is 1.50 bits per heavy atom. The summed E-state index contributed by atoms with van der Waals surface area (Å²) >= 11 is 0. The van der Waals surface area contributed by atoms with Crippen molar-refractivity contribution in [3.8, 4) is 0 Å². The molecule has 8 N–H and O–H groups in total. The number of carbonyl (C=O) groups is 5. The van der Waals surface area contributed by atoms with Gasteiger partial charge in [-0.05, 0) is 26.2 Å². The van der Waals surface area contributed by atoms with Gasteiger partial charge in [-0.15, -0.1) is 0 Å². The first-order valence-corrected chi connectivity index (χ1v) is 9.08. The van der Waals surface area contributed by atoms with Gasteiger partial charge in [0.25, 0.3) is 0 Å². The fourth-order valence-corrected chi connectivity index (χ4v) is 2.20. The van der Waals surface area contributed by atoms with Crippen LogP contribution < -0.4 is 27.4 Å². The van der Waals surface area contributed by atoms with Crippen molar-refractivity contribution in [2.24, 2.45) is 17.4 Å². The highest BCUT2D eigenvalue weighted by Crippen LogP contribution is 2.10. The maximum atomic E-state index is 12.6. The molecular formula is C17H31N5O6. The Kier molecular flexibility index (Phi) is 10.8. The normalized spacial score (nSPS) is 16.0. The zero-order valence-electron chi connectivity index (χ0n) is 16.7. The molecule has 0 aromatic carbocycles. The number of carboxylic acids is 1. The predicted molar refractivity (Wildman–Crippen MR) is 101 cm³/mol. The van der Waals surface area contributed by atoms with Gasteiger partial charge in [0, 0.05) is 6.42 Å². The van der Waals surface area contributed by atoms with Crippen molar-refractivity contribution in [1.29, 1.82) is 0 Å². The minimum absolute atomic E-state index is 0.168. The lowest BCUT2D eigenvalue weighted by Crippen LogP contribution is -2.57. The van der Waals surface area contributed by atoms with Gasteiger partial charge in [0.05, 0.1) is 6.04 Å². The van der Waals surface area contributed by atoms with Crippen LogP contribution in [-0.4, -0.2) is 58.9 Å². The van der Waals surface area contributed by atoms with E-state index in [1.165, 1.54) is 13.8 Å². The molecule has 0 rings (SSSR count). The fraction of sp³-hybridized carbons (Fsp3) is 0.706. The van der Waals surface area contributed by atoms with Gasteiger partial charge in [-0.1, -0.05) is 20.3 Å². The highest BCUT2D eigenvalue weighted by molar-refractivity contribution is 5.94. The quantitative estimate of drug-likeness (QED) is 0.222. The van der Waals surface area contributed by atoms with Crippen LogP contribution in [0.3, 0.4) is 0 Å². The van der Waals surface area contributed by atoms with Crippen molar-refractivity contribution in [3.05, 3.63) is 0 Å². The number of aliphatic carboxylic acids is 1. The van der Waals surface area contributed by atoms with E-state index in [-0.39, 0.29) is 18.8 Å². The lowest BCUT2D eigenvalue weighted by Gasteiger charge is -2.27. The fourth-order valence-electron chi connectivity index (χ4n) is 2.20. The van der Waals surface area contributed by atoms with Crippen LogP contribution in [-0.2, 0) is 24.0 Å². The van der Waals surface area contributed by atoms with Crippen molar-refractivity contribution in [2.75, 3.05) is 0 Å². The minimum Gasteiger partial charge on any atom is -0.480 e. The third-order valence-corrected chi connectivity index (χ3v) is 4.25. The zero-order chi connectivity index (χ0) is 22.0. The number of rotatable bonds is 12. The summed E-state index contributed by atoms with van der Waals surface area (Å²) in [4.78, 5) is 58.7. The van der Waals surface area contributed by atoms with E-state index in [2.05, 4.69) is 16.0 Å². The molecule has 0 spiro atoms. The molecule has 4 amide bonds. The molecule has 0 saturated carbocycles. The summed E-state index contributed by atoms with van der Waals surface area (Å²) < 4.78 is 0. The van der Waals surface area contributed by atoms with E-state index >= 15 is 0 Å². The molecule has 28 heavy (non-hydrogen) atoms. The Morgan fingerprint density at radius 1 is 0.929 bits per heavy atom. The number of amides is 4. The largest absolute Gasteiger partial charge is 0.480 e. The number of hydrogen-bond donors (Lipinski definition) is 6. The molecule has 0 bridgehead atoms. The first kappa shape index (κ1) is 25.3. The molecule has 0 aliphatic rings. The summed E-state index contributed by atoms with van der Waals surface area (Å²) in [5.74, 6) is -4.16. The van der Waals surface area contributed by atoms with Gasteiger partial charge in [0.1, 0.15) is 18.1 Å². The predicted octanol–water partition coefficient (Wildman–Crippen LogP) is -1.80. The molecule has 5 atom stereocenters. The summed E-state index contributed by atoms with van der Waals surface area (Å²) in [5.41, 5.74) is 10.5. The van der Waals surface area contributed by atoms with Crippen LogP contribution in [0.15, 0.2) is 0 Å². The van der Waals surface area contributed by atoms with Crippen LogP contribution in [0.4, 0.5) is 0 Å². The topological polar surface area (TPSA) is 194 Å². The average molecular weight is 401 g/mol. The lowest BCUT2D eigenvalue weighted by molar-refractivity contribution is -0.143. The molecule has 0 aliphatic heterocycles.